The number of hydrogen-bond donors (Lipinski definition) is 2. The monoisotopic (exact) mass is 368 g/mol. The number of piperazine rings is 1. The van der Waals surface area contributed by atoms with Gasteiger partial charge in [0.15, 0.2) is 0 Å². The standard InChI is InChI=1S/C21H28N4O2/c1-4-24-9-11-25(12-10-24)19-8-6-17(13-22-19)14-23-21(27)18-7-5-15(2)16(3)20(18)26/h5-8,13,26H,4,9-12,14H2,1-3H3,(H,23,27). The first kappa shape index (κ1) is 19.2. The Morgan fingerprint density at radius 2 is 1.89 bits per heavy atom. The van der Waals surface area contributed by atoms with Gasteiger partial charge in [-0.25, -0.2) is 4.98 Å². The Morgan fingerprint density at radius 3 is 2.52 bits per heavy atom. The van der Waals surface area contributed by atoms with Crippen molar-refractivity contribution in [3.05, 3.63) is 52.7 Å². The number of nitrogens with zero attached hydrogens (tertiary/aromatic N) is 3. The number of hydrogen-bond acceptors (Lipinski definition) is 5. The van der Waals surface area contributed by atoms with Crippen molar-refractivity contribution < 1.29 is 9.90 Å². The first-order valence-electron chi connectivity index (χ1n) is 9.49. The van der Waals surface area contributed by atoms with Gasteiger partial charge in [0.1, 0.15) is 11.6 Å². The first-order chi connectivity index (χ1) is 13.0. The molecule has 0 aliphatic carbocycles. The van der Waals surface area contributed by atoms with Gasteiger partial charge >= 0.3 is 0 Å². The number of nitrogens with one attached hydrogen (secondary N) is 1. The van der Waals surface area contributed by atoms with Gasteiger partial charge in [0.25, 0.3) is 5.91 Å². The second kappa shape index (κ2) is 8.39. The maximum atomic E-state index is 12.4. The molecule has 1 amide bonds. The van der Waals surface area contributed by atoms with Crippen LogP contribution in [0.5, 0.6) is 5.75 Å². The normalized spacial score (nSPS) is 15.0. The second-order valence-electron chi connectivity index (χ2n) is 7.03. The van der Waals surface area contributed by atoms with Gasteiger partial charge in [0, 0.05) is 38.9 Å². The van der Waals surface area contributed by atoms with E-state index in [1.165, 1.54) is 0 Å². The van der Waals surface area contributed by atoms with Gasteiger partial charge in [-0.3, -0.25) is 4.79 Å². The fourth-order valence-corrected chi connectivity index (χ4v) is 3.26. The van der Waals surface area contributed by atoms with Gasteiger partial charge in [0.2, 0.25) is 0 Å². The molecule has 2 aromatic rings. The lowest BCUT2D eigenvalue weighted by Crippen LogP contribution is -2.46. The van der Waals surface area contributed by atoms with E-state index < -0.39 is 0 Å². The van der Waals surface area contributed by atoms with E-state index in [0.29, 0.717) is 12.1 Å². The van der Waals surface area contributed by atoms with Crippen molar-refractivity contribution in [2.45, 2.75) is 27.3 Å². The highest BCUT2D eigenvalue weighted by Gasteiger charge is 2.17. The zero-order valence-corrected chi connectivity index (χ0v) is 16.3. The van der Waals surface area contributed by atoms with Crippen LogP contribution in [-0.2, 0) is 6.54 Å². The minimum Gasteiger partial charge on any atom is -0.507 e. The molecule has 1 aromatic carbocycles. The Labute approximate surface area is 160 Å². The summed E-state index contributed by atoms with van der Waals surface area (Å²) in [5.74, 6) is 0.746. The lowest BCUT2D eigenvalue weighted by molar-refractivity contribution is 0.0948. The number of rotatable bonds is 5. The number of likely N-dealkylation sites (N-methyl/N-ethyl adjacent to an activating group) is 1. The molecule has 6 heteroatoms. The molecular formula is C21H28N4O2. The van der Waals surface area contributed by atoms with Crippen LogP contribution in [0.25, 0.3) is 0 Å². The second-order valence-corrected chi connectivity index (χ2v) is 7.03. The van der Waals surface area contributed by atoms with E-state index in [-0.39, 0.29) is 11.7 Å². The number of pyridine rings is 1. The fourth-order valence-electron chi connectivity index (χ4n) is 3.26. The van der Waals surface area contributed by atoms with Crippen molar-refractivity contribution in [3.8, 4) is 5.75 Å². The van der Waals surface area contributed by atoms with E-state index >= 15 is 0 Å². The number of benzene rings is 1. The maximum absolute atomic E-state index is 12.4. The molecular weight excluding hydrogens is 340 g/mol. The van der Waals surface area contributed by atoms with Gasteiger partial charge in [-0.1, -0.05) is 19.1 Å². The number of amides is 1. The van der Waals surface area contributed by atoms with Crippen molar-refractivity contribution in [3.63, 3.8) is 0 Å². The summed E-state index contributed by atoms with van der Waals surface area (Å²) in [4.78, 5) is 21.7. The SMILES string of the molecule is CCN1CCN(c2ccc(CNC(=O)c3ccc(C)c(C)c3O)cn2)CC1. The Balaban J connectivity index is 1.57. The van der Waals surface area contributed by atoms with Crippen LogP contribution < -0.4 is 10.2 Å². The predicted octanol–water partition coefficient (Wildman–Crippen LogP) is 2.48. The molecule has 1 saturated heterocycles. The number of carbonyl (C=O) groups is 1. The smallest absolute Gasteiger partial charge is 0.255 e. The molecule has 0 saturated carbocycles. The number of phenolic OH excluding ortho intramolecular Hbond substituents is 1. The highest BCUT2D eigenvalue weighted by atomic mass is 16.3. The van der Waals surface area contributed by atoms with Crippen LogP contribution in [0, 0.1) is 13.8 Å². The minimum atomic E-state index is -0.282. The van der Waals surface area contributed by atoms with Gasteiger partial charge < -0.3 is 20.2 Å². The number of aryl methyl sites for hydroxylation is 1. The summed E-state index contributed by atoms with van der Waals surface area (Å²) in [5, 5.41) is 13.0. The highest BCUT2D eigenvalue weighted by molar-refractivity contribution is 5.97. The van der Waals surface area contributed by atoms with Crippen LogP contribution in [-0.4, -0.2) is 53.6 Å². The summed E-state index contributed by atoms with van der Waals surface area (Å²) >= 11 is 0. The van der Waals surface area contributed by atoms with Gasteiger partial charge in [-0.2, -0.15) is 0 Å². The van der Waals surface area contributed by atoms with Crippen LogP contribution in [0.15, 0.2) is 30.5 Å². The average molecular weight is 368 g/mol. The maximum Gasteiger partial charge on any atom is 0.255 e. The molecule has 0 spiro atoms. The number of aromatic nitrogens is 1. The summed E-state index contributed by atoms with van der Waals surface area (Å²) in [7, 11) is 0. The average Bonchev–Trinajstić information content (AvgIpc) is 2.71. The predicted molar refractivity (Wildman–Crippen MR) is 107 cm³/mol. The molecule has 3 rings (SSSR count). The lowest BCUT2D eigenvalue weighted by atomic mass is 10.0. The summed E-state index contributed by atoms with van der Waals surface area (Å²) in [6.45, 7) is 11.5. The molecule has 0 atom stereocenters. The van der Waals surface area contributed by atoms with Crippen molar-refractivity contribution in [1.82, 2.24) is 15.2 Å². The molecule has 0 bridgehead atoms. The lowest BCUT2D eigenvalue weighted by Gasteiger charge is -2.34. The molecule has 2 N–H and O–H groups in total. The summed E-state index contributed by atoms with van der Waals surface area (Å²) in [5.41, 5.74) is 2.93. The van der Waals surface area contributed by atoms with E-state index in [4.69, 9.17) is 0 Å². The summed E-state index contributed by atoms with van der Waals surface area (Å²) < 4.78 is 0. The van der Waals surface area contributed by atoms with Crippen molar-refractivity contribution in [1.29, 1.82) is 0 Å². The van der Waals surface area contributed by atoms with Crippen LogP contribution in [0.2, 0.25) is 0 Å². The largest absolute Gasteiger partial charge is 0.507 e. The Bertz CT molecular complexity index is 797. The molecule has 2 heterocycles. The topological polar surface area (TPSA) is 68.7 Å². The Morgan fingerprint density at radius 1 is 1.15 bits per heavy atom. The third-order valence-electron chi connectivity index (χ3n) is 5.35. The van der Waals surface area contributed by atoms with Crippen molar-refractivity contribution in [2.75, 3.05) is 37.6 Å². The van der Waals surface area contributed by atoms with Gasteiger partial charge in [-0.15, -0.1) is 0 Å². The molecule has 6 nitrogen and oxygen atoms in total. The van der Waals surface area contributed by atoms with E-state index in [1.807, 2.05) is 38.2 Å². The minimum absolute atomic E-state index is 0.0483. The van der Waals surface area contributed by atoms with Gasteiger partial charge in [0.05, 0.1) is 5.56 Å². The summed E-state index contributed by atoms with van der Waals surface area (Å²) in [6, 6.07) is 7.51. The van der Waals surface area contributed by atoms with Crippen LogP contribution in [0.3, 0.4) is 0 Å². The molecule has 1 fully saturated rings. The van der Waals surface area contributed by atoms with E-state index in [2.05, 4.69) is 27.0 Å². The molecule has 27 heavy (non-hydrogen) atoms. The zero-order chi connectivity index (χ0) is 19.4. The number of aromatic hydroxyl groups is 1. The first-order valence-corrected chi connectivity index (χ1v) is 9.49. The van der Waals surface area contributed by atoms with Crippen molar-refractivity contribution in [2.24, 2.45) is 0 Å². The fraction of sp³-hybridized carbons (Fsp3) is 0.429. The molecule has 1 aliphatic rings. The third-order valence-corrected chi connectivity index (χ3v) is 5.35. The van der Waals surface area contributed by atoms with Crippen molar-refractivity contribution >= 4 is 11.7 Å². The molecule has 144 valence electrons. The highest BCUT2D eigenvalue weighted by Crippen LogP contribution is 2.24. The molecule has 1 aliphatic heterocycles. The van der Waals surface area contributed by atoms with E-state index in [0.717, 1.165) is 55.2 Å². The van der Waals surface area contributed by atoms with Crippen LogP contribution >= 0.6 is 0 Å². The molecule has 1 aromatic heterocycles. The molecule has 0 unspecified atom stereocenters. The van der Waals surface area contributed by atoms with E-state index in [1.54, 1.807) is 6.07 Å². The summed E-state index contributed by atoms with van der Waals surface area (Å²) in [6.07, 6.45) is 1.81. The zero-order valence-electron chi connectivity index (χ0n) is 16.3. The molecule has 0 radical (unpaired) electrons. The Hall–Kier alpha value is -2.60. The van der Waals surface area contributed by atoms with Crippen LogP contribution in [0.1, 0.15) is 34.0 Å². The van der Waals surface area contributed by atoms with Crippen LogP contribution in [0.4, 0.5) is 5.82 Å². The Kier molecular flexibility index (Phi) is 5.96. The number of anilines is 1. The quantitative estimate of drug-likeness (QED) is 0.849. The third kappa shape index (κ3) is 4.39. The number of phenols is 1. The van der Waals surface area contributed by atoms with Gasteiger partial charge in [-0.05, 0) is 49.2 Å². The van der Waals surface area contributed by atoms with E-state index in [9.17, 15) is 9.90 Å². The number of carbonyl (C=O) groups excluding carboxylic acids is 1.